The van der Waals surface area contributed by atoms with Crippen LogP contribution in [0.5, 0.6) is 0 Å². The standard InChI is InChI=1S/C17H20O3/c1-12-15(18)10-14-11-16(12)19-20-17(14,2)9-8-13-6-4-3-5-7-13/h3-9,12,14,16H,10-11H2,1-2H3. The fourth-order valence-corrected chi connectivity index (χ4v) is 2.99. The molecule has 20 heavy (non-hydrogen) atoms. The fourth-order valence-electron chi connectivity index (χ4n) is 2.99. The van der Waals surface area contributed by atoms with Crippen molar-refractivity contribution in [2.45, 2.75) is 38.4 Å². The van der Waals surface area contributed by atoms with Crippen LogP contribution >= 0.6 is 0 Å². The zero-order valence-corrected chi connectivity index (χ0v) is 11.9. The minimum absolute atomic E-state index is 0.0473. The summed E-state index contributed by atoms with van der Waals surface area (Å²) < 4.78 is 0. The Hall–Kier alpha value is -1.45. The predicted octanol–water partition coefficient (Wildman–Crippen LogP) is 3.40. The summed E-state index contributed by atoms with van der Waals surface area (Å²) in [5.74, 6) is 0.438. The molecule has 1 aliphatic carbocycles. The highest BCUT2D eigenvalue weighted by Crippen LogP contribution is 2.42. The molecule has 0 N–H and O–H groups in total. The molecule has 3 nitrogen and oxygen atoms in total. The molecule has 3 heteroatoms. The zero-order chi connectivity index (χ0) is 14.2. The number of rotatable bonds is 2. The Kier molecular flexibility index (Phi) is 3.48. The van der Waals surface area contributed by atoms with Gasteiger partial charge in [-0.15, -0.1) is 0 Å². The first kappa shape index (κ1) is 13.5. The lowest BCUT2D eigenvalue weighted by atomic mass is 9.71. The van der Waals surface area contributed by atoms with Gasteiger partial charge in [0.05, 0.1) is 0 Å². The molecule has 106 valence electrons. The molecule has 1 aromatic carbocycles. The van der Waals surface area contributed by atoms with E-state index < -0.39 is 5.60 Å². The van der Waals surface area contributed by atoms with Crippen LogP contribution in [0.15, 0.2) is 36.4 Å². The Morgan fingerprint density at radius 3 is 2.80 bits per heavy atom. The highest BCUT2D eigenvalue weighted by Gasteiger charge is 2.48. The van der Waals surface area contributed by atoms with Crippen LogP contribution in [0.4, 0.5) is 0 Å². The second-order valence-corrected chi connectivity index (χ2v) is 6.04. The fraction of sp³-hybridized carbons (Fsp3) is 0.471. The van der Waals surface area contributed by atoms with Crippen LogP contribution in [0, 0.1) is 11.8 Å². The minimum Gasteiger partial charge on any atom is -0.299 e. The molecule has 3 rings (SSSR count). The van der Waals surface area contributed by atoms with Crippen molar-refractivity contribution in [3.05, 3.63) is 42.0 Å². The normalized spacial score (nSPS) is 37.3. The van der Waals surface area contributed by atoms with E-state index >= 15 is 0 Å². The van der Waals surface area contributed by atoms with Gasteiger partial charge in [-0.3, -0.25) is 4.79 Å². The van der Waals surface area contributed by atoms with Crippen molar-refractivity contribution in [1.29, 1.82) is 0 Å². The van der Waals surface area contributed by atoms with Crippen molar-refractivity contribution in [3.8, 4) is 0 Å². The van der Waals surface area contributed by atoms with Gasteiger partial charge < -0.3 is 0 Å². The number of Topliss-reactive ketones (excluding diaryl/α,β-unsaturated/α-hetero) is 1. The van der Waals surface area contributed by atoms with Gasteiger partial charge in [-0.1, -0.05) is 43.3 Å². The number of ketones is 1. The lowest BCUT2D eigenvalue weighted by Gasteiger charge is -2.45. The van der Waals surface area contributed by atoms with E-state index in [-0.39, 0.29) is 23.7 Å². The SMILES string of the molecule is CC1C(=O)CC2CC1OOC2(C)C=Cc1ccccc1. The summed E-state index contributed by atoms with van der Waals surface area (Å²) in [6.45, 7) is 3.92. The van der Waals surface area contributed by atoms with Crippen molar-refractivity contribution >= 4 is 11.9 Å². The van der Waals surface area contributed by atoms with Crippen LogP contribution in [-0.2, 0) is 14.6 Å². The highest BCUT2D eigenvalue weighted by molar-refractivity contribution is 5.82. The number of carbonyl (C=O) groups is 1. The molecule has 1 saturated carbocycles. The summed E-state index contributed by atoms with van der Waals surface area (Å²) in [5, 5.41) is 0. The molecule has 0 spiro atoms. The quantitative estimate of drug-likeness (QED) is 0.774. The summed E-state index contributed by atoms with van der Waals surface area (Å²) in [5.41, 5.74) is 0.595. The van der Waals surface area contributed by atoms with Crippen molar-refractivity contribution < 1.29 is 14.6 Å². The number of fused-ring (bicyclic) bond motifs is 2. The lowest BCUT2D eigenvalue weighted by Crippen LogP contribution is -2.51. The van der Waals surface area contributed by atoms with E-state index in [4.69, 9.17) is 9.78 Å². The molecule has 2 aliphatic rings. The highest BCUT2D eigenvalue weighted by atomic mass is 17.2. The first-order chi connectivity index (χ1) is 9.58. The smallest absolute Gasteiger partial charge is 0.138 e. The lowest BCUT2D eigenvalue weighted by molar-refractivity contribution is -0.415. The summed E-state index contributed by atoms with van der Waals surface area (Å²) in [7, 11) is 0. The van der Waals surface area contributed by atoms with E-state index in [1.165, 1.54) is 0 Å². The molecule has 2 fully saturated rings. The van der Waals surface area contributed by atoms with Gasteiger partial charge in [0.15, 0.2) is 0 Å². The third-order valence-electron chi connectivity index (χ3n) is 4.60. The molecule has 2 bridgehead atoms. The topological polar surface area (TPSA) is 35.5 Å². The van der Waals surface area contributed by atoms with Crippen LogP contribution in [-0.4, -0.2) is 17.5 Å². The van der Waals surface area contributed by atoms with E-state index in [9.17, 15) is 4.79 Å². The van der Waals surface area contributed by atoms with Gasteiger partial charge in [-0.05, 0) is 25.0 Å². The summed E-state index contributed by atoms with van der Waals surface area (Å²) in [6.07, 6.45) is 5.44. The Morgan fingerprint density at radius 1 is 1.30 bits per heavy atom. The Balaban J connectivity index is 1.79. The van der Waals surface area contributed by atoms with Gasteiger partial charge in [0.1, 0.15) is 17.5 Å². The van der Waals surface area contributed by atoms with Crippen LogP contribution in [0.25, 0.3) is 6.08 Å². The third kappa shape index (κ3) is 2.43. The van der Waals surface area contributed by atoms with Crippen molar-refractivity contribution in [3.63, 3.8) is 0 Å². The molecule has 4 unspecified atom stereocenters. The van der Waals surface area contributed by atoms with E-state index in [0.29, 0.717) is 6.42 Å². The molecule has 1 saturated heterocycles. The van der Waals surface area contributed by atoms with Crippen LogP contribution in [0.3, 0.4) is 0 Å². The van der Waals surface area contributed by atoms with E-state index in [1.807, 2.05) is 56.3 Å². The first-order valence-electron chi connectivity index (χ1n) is 7.20. The monoisotopic (exact) mass is 272 g/mol. The van der Waals surface area contributed by atoms with E-state index in [1.54, 1.807) is 0 Å². The van der Waals surface area contributed by atoms with Gasteiger partial charge in [-0.25, -0.2) is 9.78 Å². The predicted molar refractivity (Wildman–Crippen MR) is 76.7 cm³/mol. The van der Waals surface area contributed by atoms with Gasteiger partial charge in [0, 0.05) is 18.3 Å². The third-order valence-corrected chi connectivity index (χ3v) is 4.60. The second kappa shape index (κ2) is 5.15. The number of benzene rings is 1. The Morgan fingerprint density at radius 2 is 2.05 bits per heavy atom. The maximum atomic E-state index is 12.0. The summed E-state index contributed by atoms with van der Waals surface area (Å²) in [4.78, 5) is 23.1. The van der Waals surface area contributed by atoms with Gasteiger partial charge in [0.2, 0.25) is 0 Å². The molecule has 4 atom stereocenters. The average molecular weight is 272 g/mol. The molecular weight excluding hydrogens is 252 g/mol. The van der Waals surface area contributed by atoms with Gasteiger partial charge in [0.25, 0.3) is 0 Å². The van der Waals surface area contributed by atoms with Crippen molar-refractivity contribution in [1.82, 2.24) is 0 Å². The van der Waals surface area contributed by atoms with Gasteiger partial charge in [-0.2, -0.15) is 0 Å². The Bertz CT molecular complexity index is 522. The molecule has 0 radical (unpaired) electrons. The summed E-state index contributed by atoms with van der Waals surface area (Å²) in [6, 6.07) is 10.1. The number of hydrogen-bond acceptors (Lipinski definition) is 3. The molecule has 0 amide bonds. The van der Waals surface area contributed by atoms with Crippen LogP contribution in [0.2, 0.25) is 0 Å². The molecule has 1 aliphatic heterocycles. The van der Waals surface area contributed by atoms with Crippen LogP contribution in [0.1, 0.15) is 32.3 Å². The molecule has 1 aromatic rings. The maximum Gasteiger partial charge on any atom is 0.138 e. The molecule has 0 aromatic heterocycles. The van der Waals surface area contributed by atoms with E-state index in [2.05, 4.69) is 0 Å². The van der Waals surface area contributed by atoms with Crippen molar-refractivity contribution in [2.75, 3.05) is 0 Å². The maximum absolute atomic E-state index is 12.0. The van der Waals surface area contributed by atoms with Crippen molar-refractivity contribution in [2.24, 2.45) is 11.8 Å². The number of carbonyl (C=O) groups excluding carboxylic acids is 1. The molecule has 1 heterocycles. The zero-order valence-electron chi connectivity index (χ0n) is 11.9. The largest absolute Gasteiger partial charge is 0.299 e. The average Bonchev–Trinajstić information content (AvgIpc) is 2.47. The minimum atomic E-state index is -0.526. The second-order valence-electron chi connectivity index (χ2n) is 6.04. The Labute approximate surface area is 119 Å². The first-order valence-corrected chi connectivity index (χ1v) is 7.20. The van der Waals surface area contributed by atoms with Crippen LogP contribution < -0.4 is 0 Å². The van der Waals surface area contributed by atoms with Gasteiger partial charge >= 0.3 is 0 Å². The number of hydrogen-bond donors (Lipinski definition) is 0. The van der Waals surface area contributed by atoms with E-state index in [0.717, 1.165) is 12.0 Å². The molecular formula is C17H20O3. The summed E-state index contributed by atoms with van der Waals surface area (Å²) >= 11 is 0.